The van der Waals surface area contributed by atoms with Gasteiger partial charge in [-0.25, -0.2) is 0 Å². The van der Waals surface area contributed by atoms with E-state index >= 15 is 0 Å². The van der Waals surface area contributed by atoms with Crippen LogP contribution in [0.25, 0.3) is 0 Å². The van der Waals surface area contributed by atoms with Crippen LogP contribution in [0.4, 0.5) is 0 Å². The number of esters is 1. The van der Waals surface area contributed by atoms with Crippen LogP contribution in [0.15, 0.2) is 42.0 Å². The van der Waals surface area contributed by atoms with Gasteiger partial charge in [0.05, 0.1) is 31.8 Å². The largest absolute Gasteiger partial charge is 0.461 e. The van der Waals surface area contributed by atoms with Gasteiger partial charge in [0.25, 0.3) is 0 Å². The van der Waals surface area contributed by atoms with Crippen molar-refractivity contribution >= 4 is 5.97 Å². The molecule has 50 heavy (non-hydrogen) atoms. The zero-order valence-corrected chi connectivity index (χ0v) is 33.2. The summed E-state index contributed by atoms with van der Waals surface area (Å²) in [5.41, 5.74) is 2.89. The third-order valence-electron chi connectivity index (χ3n) is 17.3. The Morgan fingerprint density at radius 1 is 0.900 bits per heavy atom. The number of benzene rings is 1. The van der Waals surface area contributed by atoms with Crippen molar-refractivity contribution in [3.05, 3.63) is 47.5 Å². The van der Waals surface area contributed by atoms with E-state index in [1.54, 1.807) is 5.57 Å². The molecule has 11 atom stereocenters. The molecule has 0 radical (unpaired) electrons. The third kappa shape index (κ3) is 5.53. The lowest BCUT2D eigenvalue weighted by Gasteiger charge is -2.71. The third-order valence-corrected chi connectivity index (χ3v) is 17.3. The lowest BCUT2D eigenvalue weighted by Crippen LogP contribution is -2.69. The Kier molecular flexibility index (Phi) is 9.56. The van der Waals surface area contributed by atoms with Gasteiger partial charge in [-0.2, -0.15) is 0 Å². The van der Waals surface area contributed by atoms with E-state index in [1.165, 1.54) is 51.4 Å². The Hall–Kier alpha value is -1.65. The number of carbonyl (C=O) groups excluding carboxylic acids is 1. The van der Waals surface area contributed by atoms with Gasteiger partial charge >= 0.3 is 5.97 Å². The molecule has 5 aliphatic carbocycles. The van der Waals surface area contributed by atoms with Crippen LogP contribution in [0.5, 0.6) is 0 Å². The molecule has 4 heteroatoms. The van der Waals surface area contributed by atoms with Crippen LogP contribution in [0, 0.1) is 68.0 Å². The number of rotatable bonds is 8. The highest BCUT2D eigenvalue weighted by molar-refractivity contribution is 5.75. The predicted octanol–water partition coefficient (Wildman–Crippen LogP) is 11.2. The van der Waals surface area contributed by atoms with Crippen molar-refractivity contribution in [2.45, 2.75) is 146 Å². The summed E-state index contributed by atoms with van der Waals surface area (Å²) in [6, 6.07) is 10.2. The van der Waals surface area contributed by atoms with Crippen molar-refractivity contribution in [2.75, 3.05) is 19.8 Å². The van der Waals surface area contributed by atoms with Gasteiger partial charge in [-0.05, 0) is 108 Å². The fourth-order valence-corrected chi connectivity index (χ4v) is 14.0. The minimum atomic E-state index is -0.186. The summed E-state index contributed by atoms with van der Waals surface area (Å²) in [4.78, 5) is 14.7. The van der Waals surface area contributed by atoms with Crippen LogP contribution >= 0.6 is 0 Å². The van der Waals surface area contributed by atoms with E-state index in [4.69, 9.17) is 14.2 Å². The van der Waals surface area contributed by atoms with Crippen molar-refractivity contribution in [1.29, 1.82) is 0 Å². The number of hydrogen-bond acceptors (Lipinski definition) is 4. The quantitative estimate of drug-likeness (QED) is 0.202. The van der Waals surface area contributed by atoms with Crippen molar-refractivity contribution < 1.29 is 19.0 Å². The van der Waals surface area contributed by atoms with Crippen molar-refractivity contribution in [3.8, 4) is 0 Å². The van der Waals surface area contributed by atoms with Gasteiger partial charge in [-0.15, -0.1) is 0 Å². The fraction of sp³-hybridized carbons (Fsp3) is 0.804. The topological polar surface area (TPSA) is 44.8 Å². The average molecular weight is 687 g/mol. The Bertz CT molecular complexity index is 1430. The van der Waals surface area contributed by atoms with Gasteiger partial charge in [0.2, 0.25) is 0 Å². The molecule has 1 aliphatic heterocycles. The standard InChI is InChI=1S/C46H70O4/c1-31(2)33(4)42(6)24-25-44(8)35-18-19-37-43(7)29-48-30-46(37,26-32(3)39(43)50-28-41(5)21-14-11-15-22-41)36(35)20-23-45(44,9)38(42)40(47)49-27-34-16-12-10-13-17-34/h10,12-13,16-17,20,31-33,35,37-39H,11,14-15,18-19,21-30H2,1-9H3/t32-,33-,35+,37+,38-,39+,42-,43+,44-,45+,46+/m1/s1. The minimum absolute atomic E-state index is 0.0173. The summed E-state index contributed by atoms with van der Waals surface area (Å²) in [6.45, 7) is 25.0. The molecule has 1 heterocycles. The first-order chi connectivity index (χ1) is 23.6. The zero-order valence-electron chi connectivity index (χ0n) is 33.2. The van der Waals surface area contributed by atoms with Gasteiger partial charge in [0.15, 0.2) is 0 Å². The zero-order chi connectivity index (χ0) is 35.7. The summed E-state index contributed by atoms with van der Waals surface area (Å²) in [7, 11) is 0. The van der Waals surface area contributed by atoms with E-state index in [0.717, 1.165) is 44.6 Å². The SMILES string of the molecule is CC(C)[C@@H](C)[C@@]1(C)CC[C@]2(C)[C@H]3CC[C@@H]4[C@@]5(COC[C@]4(C)[C@@H](OCC4(C)CCCCC4)[C@H](C)C5)C3=CC[C@@]2(C)[C@@H]1C(=O)OCc1ccccc1. The van der Waals surface area contributed by atoms with E-state index in [9.17, 15) is 4.79 Å². The van der Waals surface area contributed by atoms with Crippen LogP contribution in [-0.2, 0) is 25.6 Å². The summed E-state index contributed by atoms with van der Waals surface area (Å²) < 4.78 is 20.3. The second kappa shape index (κ2) is 13.0. The van der Waals surface area contributed by atoms with E-state index in [-0.39, 0.29) is 45.1 Å². The maximum absolute atomic E-state index is 14.7. The smallest absolute Gasteiger partial charge is 0.310 e. The number of allylic oxidation sites excluding steroid dienone is 1. The van der Waals surface area contributed by atoms with Gasteiger partial charge in [-0.1, -0.05) is 124 Å². The molecule has 4 saturated carbocycles. The van der Waals surface area contributed by atoms with Crippen LogP contribution < -0.4 is 0 Å². The molecule has 0 aromatic heterocycles. The Balaban J connectivity index is 1.22. The minimum Gasteiger partial charge on any atom is -0.461 e. The lowest BCUT2D eigenvalue weighted by molar-refractivity contribution is -0.255. The van der Waals surface area contributed by atoms with Crippen molar-refractivity contribution in [3.63, 3.8) is 0 Å². The number of hydrogen-bond donors (Lipinski definition) is 0. The van der Waals surface area contributed by atoms with Crippen molar-refractivity contribution in [1.82, 2.24) is 0 Å². The molecule has 0 unspecified atom stereocenters. The van der Waals surface area contributed by atoms with Crippen LogP contribution in [0.1, 0.15) is 139 Å². The number of fused-ring (bicyclic) bond motifs is 3. The Morgan fingerprint density at radius 3 is 2.32 bits per heavy atom. The first-order valence-corrected chi connectivity index (χ1v) is 20.7. The van der Waals surface area contributed by atoms with E-state index in [0.29, 0.717) is 41.6 Å². The number of ether oxygens (including phenoxy) is 3. The lowest BCUT2D eigenvalue weighted by atomic mass is 9.34. The van der Waals surface area contributed by atoms with E-state index in [1.807, 2.05) is 18.2 Å². The molecule has 0 spiro atoms. The monoisotopic (exact) mass is 687 g/mol. The molecule has 5 fully saturated rings. The average Bonchev–Trinajstić information content (AvgIpc) is 3.08. The molecule has 1 aromatic rings. The molecule has 6 aliphatic rings. The second-order valence-electron chi connectivity index (χ2n) is 20.4. The fourth-order valence-electron chi connectivity index (χ4n) is 14.0. The van der Waals surface area contributed by atoms with Gasteiger partial charge in [0, 0.05) is 10.8 Å². The normalized spacial score (nSPS) is 44.3. The molecule has 0 N–H and O–H groups in total. The molecule has 7 rings (SSSR count). The molecule has 1 aromatic carbocycles. The first-order valence-electron chi connectivity index (χ1n) is 20.7. The van der Waals surface area contributed by atoms with Crippen LogP contribution in [0.2, 0.25) is 0 Å². The molecular formula is C46H70O4. The molecule has 278 valence electrons. The molecule has 4 nitrogen and oxygen atoms in total. The molecule has 0 amide bonds. The summed E-state index contributed by atoms with van der Waals surface area (Å²) >= 11 is 0. The van der Waals surface area contributed by atoms with Crippen LogP contribution in [0.3, 0.4) is 0 Å². The van der Waals surface area contributed by atoms with Crippen LogP contribution in [-0.4, -0.2) is 31.9 Å². The Labute approximate surface area is 305 Å². The highest BCUT2D eigenvalue weighted by Crippen LogP contribution is 2.75. The van der Waals surface area contributed by atoms with E-state index < -0.39 is 0 Å². The summed E-state index contributed by atoms with van der Waals surface area (Å²) in [5, 5.41) is 0. The highest BCUT2D eigenvalue weighted by Gasteiger charge is 2.71. The molecule has 2 bridgehead atoms. The molecular weight excluding hydrogens is 617 g/mol. The van der Waals surface area contributed by atoms with Crippen molar-refractivity contribution in [2.24, 2.45) is 68.0 Å². The van der Waals surface area contributed by atoms with Gasteiger partial charge in [0.1, 0.15) is 6.61 Å². The molecule has 1 saturated heterocycles. The maximum Gasteiger partial charge on any atom is 0.310 e. The van der Waals surface area contributed by atoms with Gasteiger partial charge < -0.3 is 14.2 Å². The summed E-state index contributed by atoms with van der Waals surface area (Å²) in [5.74, 6) is 2.33. The Morgan fingerprint density at radius 2 is 1.62 bits per heavy atom. The maximum atomic E-state index is 14.7. The second-order valence-corrected chi connectivity index (χ2v) is 20.4. The highest BCUT2D eigenvalue weighted by atomic mass is 16.5. The van der Waals surface area contributed by atoms with Gasteiger partial charge in [-0.3, -0.25) is 4.79 Å². The number of carbonyl (C=O) groups is 1. The van der Waals surface area contributed by atoms with E-state index in [2.05, 4.69) is 80.5 Å². The summed E-state index contributed by atoms with van der Waals surface area (Å²) in [6.07, 6.45) is 16.4. The first kappa shape index (κ1) is 36.7. The predicted molar refractivity (Wildman–Crippen MR) is 202 cm³/mol.